The molecule has 1 aromatic heterocycles. The average molecular weight is 277 g/mol. The molecule has 0 saturated carbocycles. The normalized spacial score (nSPS) is 13.4. The van der Waals surface area contributed by atoms with E-state index in [1.807, 2.05) is 33.8 Å². The van der Waals surface area contributed by atoms with Crippen molar-refractivity contribution in [2.45, 2.75) is 45.7 Å². The molecule has 0 fully saturated rings. The van der Waals surface area contributed by atoms with Crippen LogP contribution in [-0.2, 0) is 12.0 Å². The summed E-state index contributed by atoms with van der Waals surface area (Å²) in [6.45, 7) is 8.59. The van der Waals surface area contributed by atoms with Crippen molar-refractivity contribution in [3.8, 4) is 0 Å². The number of nitrogens with one attached hydrogen (secondary N) is 1. The lowest BCUT2D eigenvalue weighted by atomic mass is 9.96. The summed E-state index contributed by atoms with van der Waals surface area (Å²) >= 11 is 0. The molecule has 1 unspecified atom stereocenters. The zero-order valence-electron chi connectivity index (χ0n) is 12.3. The fraction of sp³-hybridized carbons (Fsp3) is 0.467. The maximum atomic E-state index is 13.1. The van der Waals surface area contributed by atoms with Crippen LogP contribution in [0.5, 0.6) is 0 Å². The second kappa shape index (κ2) is 5.71. The largest absolute Gasteiger partial charge is 0.338 e. The van der Waals surface area contributed by atoms with E-state index in [0.29, 0.717) is 18.3 Å². The van der Waals surface area contributed by atoms with Crippen LogP contribution >= 0.6 is 0 Å². The van der Waals surface area contributed by atoms with Gasteiger partial charge in [-0.15, -0.1) is 0 Å². The van der Waals surface area contributed by atoms with Gasteiger partial charge in [-0.25, -0.2) is 4.39 Å². The molecule has 5 heteroatoms. The van der Waals surface area contributed by atoms with Gasteiger partial charge in [0.05, 0.1) is 6.04 Å². The van der Waals surface area contributed by atoms with Crippen molar-refractivity contribution >= 4 is 0 Å². The Morgan fingerprint density at radius 2 is 2.10 bits per heavy atom. The summed E-state index contributed by atoms with van der Waals surface area (Å²) in [4.78, 5) is 4.40. The van der Waals surface area contributed by atoms with Crippen LogP contribution in [0.2, 0.25) is 0 Å². The highest BCUT2D eigenvalue weighted by Crippen LogP contribution is 2.20. The van der Waals surface area contributed by atoms with Crippen LogP contribution < -0.4 is 5.32 Å². The molecule has 0 bridgehead atoms. The second-order valence-electron chi connectivity index (χ2n) is 5.94. The van der Waals surface area contributed by atoms with E-state index >= 15 is 0 Å². The van der Waals surface area contributed by atoms with Gasteiger partial charge in [-0.3, -0.25) is 0 Å². The third kappa shape index (κ3) is 3.63. The smallest absolute Gasteiger partial charge is 0.243 e. The third-order valence-corrected chi connectivity index (χ3v) is 2.98. The van der Waals surface area contributed by atoms with E-state index < -0.39 is 0 Å². The van der Waals surface area contributed by atoms with Crippen molar-refractivity contribution < 1.29 is 8.91 Å². The van der Waals surface area contributed by atoms with E-state index in [1.165, 1.54) is 12.1 Å². The molecule has 2 aromatic rings. The molecule has 4 nitrogen and oxygen atoms in total. The summed E-state index contributed by atoms with van der Waals surface area (Å²) in [5.74, 6) is 1.00. The number of aromatic nitrogens is 2. The van der Waals surface area contributed by atoms with Crippen LogP contribution in [0.15, 0.2) is 28.8 Å². The predicted octanol–water partition coefficient (Wildman–Crippen LogP) is 3.36. The van der Waals surface area contributed by atoms with Gasteiger partial charge in [0.25, 0.3) is 0 Å². The molecule has 0 saturated heterocycles. The molecule has 1 aromatic carbocycles. The molecule has 1 atom stereocenters. The molecule has 0 spiro atoms. The van der Waals surface area contributed by atoms with Crippen LogP contribution in [0.25, 0.3) is 0 Å². The monoisotopic (exact) mass is 277 g/mol. The molecule has 108 valence electrons. The van der Waals surface area contributed by atoms with Gasteiger partial charge in [-0.05, 0) is 24.6 Å². The fourth-order valence-corrected chi connectivity index (χ4v) is 1.72. The van der Waals surface area contributed by atoms with Gasteiger partial charge in [0, 0.05) is 12.0 Å². The Morgan fingerprint density at radius 3 is 2.70 bits per heavy atom. The van der Waals surface area contributed by atoms with Crippen molar-refractivity contribution in [1.29, 1.82) is 0 Å². The lowest BCUT2D eigenvalue weighted by Crippen LogP contribution is -2.19. The van der Waals surface area contributed by atoms with E-state index in [0.717, 1.165) is 5.56 Å². The molecule has 0 amide bonds. The minimum Gasteiger partial charge on any atom is -0.338 e. The van der Waals surface area contributed by atoms with Crippen molar-refractivity contribution in [3.63, 3.8) is 0 Å². The SMILES string of the molecule is CC(NCc1cccc(F)c1)c1nc(C(C)(C)C)no1. The van der Waals surface area contributed by atoms with E-state index in [9.17, 15) is 4.39 Å². The minimum absolute atomic E-state index is 0.0816. The van der Waals surface area contributed by atoms with Gasteiger partial charge in [-0.1, -0.05) is 38.1 Å². The number of hydrogen-bond acceptors (Lipinski definition) is 4. The van der Waals surface area contributed by atoms with Gasteiger partial charge in [0.15, 0.2) is 5.82 Å². The number of rotatable bonds is 4. The van der Waals surface area contributed by atoms with Gasteiger partial charge in [0.1, 0.15) is 5.82 Å². The zero-order chi connectivity index (χ0) is 14.8. The summed E-state index contributed by atoms with van der Waals surface area (Å²) in [5, 5.41) is 7.24. The van der Waals surface area contributed by atoms with E-state index in [-0.39, 0.29) is 17.3 Å². The first kappa shape index (κ1) is 14.7. The van der Waals surface area contributed by atoms with E-state index in [1.54, 1.807) is 6.07 Å². The summed E-state index contributed by atoms with van der Waals surface area (Å²) in [6.07, 6.45) is 0. The lowest BCUT2D eigenvalue weighted by Gasteiger charge is -2.12. The highest BCUT2D eigenvalue weighted by molar-refractivity contribution is 5.16. The Bertz CT molecular complexity index is 574. The Morgan fingerprint density at radius 1 is 1.35 bits per heavy atom. The highest BCUT2D eigenvalue weighted by Gasteiger charge is 2.22. The standard InChI is InChI=1S/C15H20FN3O/c1-10(13-18-14(19-20-13)15(2,3)4)17-9-11-6-5-7-12(16)8-11/h5-8,10,17H,9H2,1-4H3. The van der Waals surface area contributed by atoms with Crippen molar-refractivity contribution in [1.82, 2.24) is 15.5 Å². The average Bonchev–Trinajstić information content (AvgIpc) is 2.85. The highest BCUT2D eigenvalue weighted by atomic mass is 19.1. The number of hydrogen-bond donors (Lipinski definition) is 1. The lowest BCUT2D eigenvalue weighted by molar-refractivity contribution is 0.330. The van der Waals surface area contributed by atoms with Crippen LogP contribution in [0.3, 0.4) is 0 Å². The van der Waals surface area contributed by atoms with Crippen molar-refractivity contribution in [2.24, 2.45) is 0 Å². The molecule has 0 aliphatic rings. The second-order valence-corrected chi connectivity index (χ2v) is 5.94. The third-order valence-electron chi connectivity index (χ3n) is 2.98. The summed E-state index contributed by atoms with van der Waals surface area (Å²) in [6, 6.07) is 6.43. The Balaban J connectivity index is 1.98. The zero-order valence-corrected chi connectivity index (χ0v) is 12.3. The molecule has 1 N–H and O–H groups in total. The Hall–Kier alpha value is -1.75. The first-order valence-corrected chi connectivity index (χ1v) is 6.68. The fourth-order valence-electron chi connectivity index (χ4n) is 1.72. The van der Waals surface area contributed by atoms with Gasteiger partial charge < -0.3 is 9.84 Å². The molecular weight excluding hydrogens is 257 g/mol. The summed E-state index contributed by atoms with van der Waals surface area (Å²) in [5.41, 5.74) is 0.747. The number of nitrogens with zero attached hydrogens (tertiary/aromatic N) is 2. The van der Waals surface area contributed by atoms with E-state index in [2.05, 4.69) is 15.5 Å². The Kier molecular flexibility index (Phi) is 4.18. The van der Waals surface area contributed by atoms with Crippen LogP contribution in [0.1, 0.15) is 51.0 Å². The maximum absolute atomic E-state index is 13.1. The molecule has 0 aliphatic carbocycles. The summed E-state index contributed by atoms with van der Waals surface area (Å²) in [7, 11) is 0. The number of benzene rings is 1. The van der Waals surface area contributed by atoms with Crippen molar-refractivity contribution in [2.75, 3.05) is 0 Å². The molecule has 0 radical (unpaired) electrons. The van der Waals surface area contributed by atoms with Crippen molar-refractivity contribution in [3.05, 3.63) is 47.4 Å². The molecular formula is C15H20FN3O. The summed E-state index contributed by atoms with van der Waals surface area (Å²) < 4.78 is 18.3. The van der Waals surface area contributed by atoms with Gasteiger partial charge in [0.2, 0.25) is 5.89 Å². The van der Waals surface area contributed by atoms with Crippen LogP contribution in [-0.4, -0.2) is 10.1 Å². The van der Waals surface area contributed by atoms with E-state index in [4.69, 9.17) is 4.52 Å². The molecule has 0 aliphatic heterocycles. The van der Waals surface area contributed by atoms with Crippen LogP contribution in [0, 0.1) is 5.82 Å². The molecule has 2 rings (SSSR count). The first-order valence-electron chi connectivity index (χ1n) is 6.68. The van der Waals surface area contributed by atoms with Gasteiger partial charge in [-0.2, -0.15) is 4.98 Å². The molecule has 1 heterocycles. The number of halogens is 1. The van der Waals surface area contributed by atoms with Crippen LogP contribution in [0.4, 0.5) is 4.39 Å². The maximum Gasteiger partial charge on any atom is 0.243 e. The predicted molar refractivity (Wildman–Crippen MR) is 74.7 cm³/mol. The minimum atomic E-state index is -0.232. The quantitative estimate of drug-likeness (QED) is 0.931. The Labute approximate surface area is 118 Å². The molecule has 20 heavy (non-hydrogen) atoms. The first-order chi connectivity index (χ1) is 9.36. The topological polar surface area (TPSA) is 51.0 Å². The van der Waals surface area contributed by atoms with Gasteiger partial charge >= 0.3 is 0 Å².